The Hall–Kier alpha value is -1.69. The van der Waals surface area contributed by atoms with Gasteiger partial charge in [0.15, 0.2) is 5.16 Å². The van der Waals surface area contributed by atoms with E-state index in [9.17, 15) is 0 Å². The highest BCUT2D eigenvalue weighted by molar-refractivity contribution is 7.99. The van der Waals surface area contributed by atoms with Crippen molar-refractivity contribution in [3.05, 3.63) is 29.8 Å². The lowest BCUT2D eigenvalue weighted by molar-refractivity contribution is 0.908. The normalized spacial score (nSPS) is 10.5. The first kappa shape index (κ1) is 13.7. The van der Waals surface area contributed by atoms with Crippen LogP contribution in [0.2, 0.25) is 0 Å². The molecular weight excluding hydrogens is 258 g/mol. The Kier molecular flexibility index (Phi) is 4.68. The summed E-state index contributed by atoms with van der Waals surface area (Å²) < 4.78 is 0. The van der Waals surface area contributed by atoms with Crippen LogP contribution < -0.4 is 5.32 Å². The first-order chi connectivity index (χ1) is 9.17. The predicted molar refractivity (Wildman–Crippen MR) is 76.4 cm³/mol. The second-order valence-corrected chi connectivity index (χ2v) is 5.14. The van der Waals surface area contributed by atoms with E-state index in [1.807, 2.05) is 26.0 Å². The lowest BCUT2D eigenvalue weighted by Crippen LogP contribution is -2.04. The zero-order valence-corrected chi connectivity index (χ0v) is 12.2. The fraction of sp³-hybridized carbons (Fsp3) is 0.385. The molecule has 2 aromatic heterocycles. The average molecular weight is 275 g/mol. The monoisotopic (exact) mass is 275 g/mol. The van der Waals surface area contributed by atoms with E-state index in [4.69, 9.17) is 0 Å². The van der Waals surface area contributed by atoms with Crippen LogP contribution in [0, 0.1) is 13.8 Å². The maximum atomic E-state index is 4.40. The largest absolute Gasteiger partial charge is 0.370 e. The Morgan fingerprint density at radius 2 is 2.05 bits per heavy atom. The molecule has 0 saturated heterocycles. The van der Waals surface area contributed by atoms with Gasteiger partial charge in [-0.05, 0) is 38.1 Å². The van der Waals surface area contributed by atoms with Crippen LogP contribution in [0.25, 0.3) is 0 Å². The summed E-state index contributed by atoms with van der Waals surface area (Å²) in [5.74, 6) is 1.60. The number of nitrogens with zero attached hydrogens (tertiary/aromatic N) is 4. The van der Waals surface area contributed by atoms with Gasteiger partial charge in [0, 0.05) is 24.5 Å². The molecular formula is C13H17N5S. The van der Waals surface area contributed by atoms with Crippen molar-refractivity contribution < 1.29 is 0 Å². The second kappa shape index (κ2) is 6.47. The SMILES string of the molecule is CCCNc1cc(Sc2nccc(C)n2)nc(C)n1. The van der Waals surface area contributed by atoms with Crippen LogP contribution in [-0.2, 0) is 0 Å². The fourth-order valence-corrected chi connectivity index (χ4v) is 2.34. The molecule has 0 bridgehead atoms. The molecule has 100 valence electrons. The molecule has 0 saturated carbocycles. The van der Waals surface area contributed by atoms with Gasteiger partial charge in [-0.15, -0.1) is 0 Å². The Bertz CT molecular complexity index is 558. The first-order valence-corrected chi connectivity index (χ1v) is 7.06. The highest BCUT2D eigenvalue weighted by atomic mass is 32.2. The Morgan fingerprint density at radius 1 is 1.21 bits per heavy atom. The van der Waals surface area contributed by atoms with E-state index < -0.39 is 0 Å². The van der Waals surface area contributed by atoms with E-state index in [1.54, 1.807) is 6.20 Å². The van der Waals surface area contributed by atoms with E-state index in [-0.39, 0.29) is 0 Å². The van der Waals surface area contributed by atoms with Crippen molar-refractivity contribution in [1.29, 1.82) is 0 Å². The molecule has 0 aromatic carbocycles. The third kappa shape index (κ3) is 4.17. The smallest absolute Gasteiger partial charge is 0.194 e. The Labute approximate surface area is 117 Å². The van der Waals surface area contributed by atoms with Crippen molar-refractivity contribution in [2.24, 2.45) is 0 Å². The number of hydrogen-bond acceptors (Lipinski definition) is 6. The van der Waals surface area contributed by atoms with Crippen LogP contribution >= 0.6 is 11.8 Å². The molecule has 0 atom stereocenters. The van der Waals surface area contributed by atoms with Crippen LogP contribution in [0.5, 0.6) is 0 Å². The van der Waals surface area contributed by atoms with Crippen LogP contribution in [-0.4, -0.2) is 26.5 Å². The lowest BCUT2D eigenvalue weighted by atomic mass is 10.4. The summed E-state index contributed by atoms with van der Waals surface area (Å²) in [4.78, 5) is 17.3. The topological polar surface area (TPSA) is 63.6 Å². The third-order valence-corrected chi connectivity index (χ3v) is 3.14. The number of anilines is 1. The summed E-state index contributed by atoms with van der Waals surface area (Å²) in [5, 5.41) is 4.83. The summed E-state index contributed by atoms with van der Waals surface area (Å²) in [5.41, 5.74) is 0.951. The summed E-state index contributed by atoms with van der Waals surface area (Å²) >= 11 is 1.45. The standard InChI is InChI=1S/C13H17N5S/c1-4-6-14-11-8-12(18-10(3)17-11)19-13-15-7-5-9(2)16-13/h5,7-8H,4,6H2,1-3H3,(H,14,17,18). The second-order valence-electron chi connectivity index (χ2n) is 4.15. The quantitative estimate of drug-likeness (QED) is 0.668. The van der Waals surface area contributed by atoms with Gasteiger partial charge in [-0.1, -0.05) is 6.92 Å². The fourth-order valence-electron chi connectivity index (χ4n) is 1.50. The van der Waals surface area contributed by atoms with Gasteiger partial charge in [-0.25, -0.2) is 19.9 Å². The van der Waals surface area contributed by atoms with Gasteiger partial charge in [0.25, 0.3) is 0 Å². The third-order valence-electron chi connectivity index (χ3n) is 2.34. The summed E-state index contributed by atoms with van der Waals surface area (Å²) in [6.07, 6.45) is 2.82. The molecule has 0 amide bonds. The molecule has 1 N–H and O–H groups in total. The van der Waals surface area contributed by atoms with E-state index in [0.29, 0.717) is 5.16 Å². The van der Waals surface area contributed by atoms with Crippen LogP contribution in [0.1, 0.15) is 24.9 Å². The molecule has 0 fully saturated rings. The molecule has 0 radical (unpaired) electrons. The summed E-state index contributed by atoms with van der Waals surface area (Å²) in [7, 11) is 0. The Balaban J connectivity index is 2.17. The number of aryl methyl sites for hydroxylation is 2. The highest BCUT2D eigenvalue weighted by Crippen LogP contribution is 2.24. The Morgan fingerprint density at radius 3 is 2.79 bits per heavy atom. The maximum absolute atomic E-state index is 4.40. The van der Waals surface area contributed by atoms with Crippen molar-refractivity contribution in [3.63, 3.8) is 0 Å². The average Bonchev–Trinajstić information content (AvgIpc) is 2.35. The molecule has 19 heavy (non-hydrogen) atoms. The van der Waals surface area contributed by atoms with E-state index >= 15 is 0 Å². The molecule has 0 aliphatic rings. The lowest BCUT2D eigenvalue weighted by Gasteiger charge is -2.07. The van der Waals surface area contributed by atoms with Crippen molar-refractivity contribution in [1.82, 2.24) is 19.9 Å². The van der Waals surface area contributed by atoms with Gasteiger partial charge in [-0.2, -0.15) is 0 Å². The predicted octanol–water partition coefficient (Wildman–Crippen LogP) is 2.86. The van der Waals surface area contributed by atoms with Gasteiger partial charge in [0.2, 0.25) is 0 Å². The van der Waals surface area contributed by atoms with Gasteiger partial charge in [0.05, 0.1) is 0 Å². The molecule has 2 aromatic rings. The summed E-state index contributed by atoms with van der Waals surface area (Å²) in [6.45, 7) is 6.86. The molecule has 5 nitrogen and oxygen atoms in total. The van der Waals surface area contributed by atoms with E-state index in [1.165, 1.54) is 11.8 Å². The molecule has 0 spiro atoms. The minimum absolute atomic E-state index is 0.708. The first-order valence-electron chi connectivity index (χ1n) is 6.24. The number of aromatic nitrogens is 4. The maximum Gasteiger partial charge on any atom is 0.194 e. The minimum atomic E-state index is 0.708. The van der Waals surface area contributed by atoms with Crippen molar-refractivity contribution in [3.8, 4) is 0 Å². The molecule has 2 heterocycles. The molecule has 6 heteroatoms. The molecule has 2 rings (SSSR count). The summed E-state index contributed by atoms with van der Waals surface area (Å²) in [6, 6.07) is 3.81. The van der Waals surface area contributed by atoms with E-state index in [2.05, 4.69) is 32.2 Å². The van der Waals surface area contributed by atoms with Gasteiger partial charge < -0.3 is 5.32 Å². The zero-order valence-electron chi connectivity index (χ0n) is 11.3. The van der Waals surface area contributed by atoms with Gasteiger partial charge in [-0.3, -0.25) is 0 Å². The van der Waals surface area contributed by atoms with Crippen LogP contribution in [0.4, 0.5) is 5.82 Å². The van der Waals surface area contributed by atoms with Crippen molar-refractivity contribution >= 4 is 17.6 Å². The molecule has 0 aliphatic heterocycles. The number of hydrogen-bond donors (Lipinski definition) is 1. The number of rotatable bonds is 5. The molecule has 0 aliphatic carbocycles. The van der Waals surface area contributed by atoms with E-state index in [0.717, 1.165) is 35.3 Å². The zero-order chi connectivity index (χ0) is 13.7. The van der Waals surface area contributed by atoms with Crippen LogP contribution in [0.15, 0.2) is 28.5 Å². The number of nitrogens with one attached hydrogen (secondary N) is 1. The van der Waals surface area contributed by atoms with Crippen LogP contribution in [0.3, 0.4) is 0 Å². The highest BCUT2D eigenvalue weighted by Gasteiger charge is 2.06. The van der Waals surface area contributed by atoms with Gasteiger partial charge >= 0.3 is 0 Å². The van der Waals surface area contributed by atoms with Crippen molar-refractivity contribution in [2.75, 3.05) is 11.9 Å². The minimum Gasteiger partial charge on any atom is -0.370 e. The van der Waals surface area contributed by atoms with Gasteiger partial charge in [0.1, 0.15) is 16.7 Å². The van der Waals surface area contributed by atoms with Crippen molar-refractivity contribution in [2.45, 2.75) is 37.4 Å². The molecule has 0 unspecified atom stereocenters.